The SMILES string of the molecule is CC(C)C1(CNS(=O)(=O)c2ccc(I)c(C(=O)O)c2)CC1. The lowest BCUT2D eigenvalue weighted by Crippen LogP contribution is -2.32. The summed E-state index contributed by atoms with van der Waals surface area (Å²) in [6, 6.07) is 4.15. The molecule has 21 heavy (non-hydrogen) atoms. The number of hydrogen-bond donors (Lipinski definition) is 2. The quantitative estimate of drug-likeness (QED) is 0.690. The topological polar surface area (TPSA) is 83.5 Å². The van der Waals surface area contributed by atoms with Crippen LogP contribution in [0.1, 0.15) is 37.0 Å². The monoisotopic (exact) mass is 423 g/mol. The standard InChI is InChI=1S/C14H18INO4S/c1-9(2)14(5-6-14)8-16-21(19,20)10-3-4-12(15)11(7-10)13(17)18/h3-4,7,9,16H,5-6,8H2,1-2H3,(H,17,18). The zero-order valence-corrected chi connectivity index (χ0v) is 14.9. The Morgan fingerprint density at radius 3 is 2.52 bits per heavy atom. The van der Waals surface area contributed by atoms with Gasteiger partial charge in [0.05, 0.1) is 10.5 Å². The van der Waals surface area contributed by atoms with Gasteiger partial charge in [-0.25, -0.2) is 17.9 Å². The molecule has 0 atom stereocenters. The summed E-state index contributed by atoms with van der Waals surface area (Å²) in [5.41, 5.74) is 0.0646. The Morgan fingerprint density at radius 2 is 2.05 bits per heavy atom. The van der Waals surface area contributed by atoms with E-state index in [4.69, 9.17) is 5.11 Å². The second-order valence-corrected chi connectivity index (χ2v) is 8.72. The van der Waals surface area contributed by atoms with E-state index in [2.05, 4.69) is 18.6 Å². The van der Waals surface area contributed by atoms with Gasteiger partial charge in [0.25, 0.3) is 0 Å². The van der Waals surface area contributed by atoms with Crippen molar-refractivity contribution in [2.24, 2.45) is 11.3 Å². The zero-order chi connectivity index (χ0) is 15.8. The minimum absolute atomic E-state index is 0.000118. The number of carbonyl (C=O) groups is 1. The van der Waals surface area contributed by atoms with Crippen molar-refractivity contribution >= 4 is 38.6 Å². The molecule has 1 aliphatic carbocycles. The Morgan fingerprint density at radius 1 is 1.43 bits per heavy atom. The molecule has 1 saturated carbocycles. The summed E-state index contributed by atoms with van der Waals surface area (Å²) < 4.78 is 27.8. The predicted molar refractivity (Wildman–Crippen MR) is 87.8 cm³/mol. The Hall–Kier alpha value is -0.670. The molecule has 116 valence electrons. The number of carboxylic acids is 1. The summed E-state index contributed by atoms with van der Waals surface area (Å²) in [5, 5.41) is 9.08. The van der Waals surface area contributed by atoms with E-state index in [0.29, 0.717) is 16.0 Å². The number of aromatic carboxylic acids is 1. The molecule has 0 radical (unpaired) electrons. The van der Waals surface area contributed by atoms with E-state index in [1.54, 1.807) is 0 Å². The summed E-state index contributed by atoms with van der Waals surface area (Å²) in [7, 11) is -3.68. The van der Waals surface area contributed by atoms with Crippen molar-refractivity contribution in [2.45, 2.75) is 31.6 Å². The molecule has 0 aliphatic heterocycles. The van der Waals surface area contributed by atoms with Gasteiger partial charge in [-0.3, -0.25) is 0 Å². The first kappa shape index (κ1) is 16.7. The van der Waals surface area contributed by atoms with Crippen molar-refractivity contribution in [3.8, 4) is 0 Å². The van der Waals surface area contributed by atoms with Crippen molar-refractivity contribution in [3.05, 3.63) is 27.3 Å². The van der Waals surface area contributed by atoms with E-state index in [-0.39, 0.29) is 15.9 Å². The summed E-state index contributed by atoms with van der Waals surface area (Å²) >= 11 is 1.88. The molecule has 1 aliphatic rings. The maximum atomic E-state index is 12.3. The van der Waals surface area contributed by atoms with Crippen LogP contribution in [0.3, 0.4) is 0 Å². The van der Waals surface area contributed by atoms with Gasteiger partial charge in [0, 0.05) is 10.1 Å². The van der Waals surface area contributed by atoms with Crippen LogP contribution in [0.2, 0.25) is 0 Å². The highest BCUT2D eigenvalue weighted by molar-refractivity contribution is 14.1. The van der Waals surface area contributed by atoms with Crippen molar-refractivity contribution in [3.63, 3.8) is 0 Å². The van der Waals surface area contributed by atoms with Crippen molar-refractivity contribution in [1.82, 2.24) is 4.72 Å². The molecule has 1 aromatic rings. The minimum atomic E-state index is -3.68. The Labute approximate surface area is 138 Å². The zero-order valence-electron chi connectivity index (χ0n) is 11.9. The van der Waals surface area contributed by atoms with Crippen molar-refractivity contribution < 1.29 is 18.3 Å². The van der Waals surface area contributed by atoms with E-state index < -0.39 is 16.0 Å². The maximum absolute atomic E-state index is 12.3. The number of nitrogens with one attached hydrogen (secondary N) is 1. The number of carboxylic acid groups (broad SMARTS) is 1. The third-order valence-electron chi connectivity index (χ3n) is 4.21. The van der Waals surface area contributed by atoms with Crippen LogP contribution in [0.15, 0.2) is 23.1 Å². The van der Waals surface area contributed by atoms with Crippen LogP contribution in [0, 0.1) is 14.9 Å². The van der Waals surface area contributed by atoms with Gasteiger partial charge in [-0.1, -0.05) is 13.8 Å². The normalized spacial score (nSPS) is 17.0. The van der Waals surface area contributed by atoms with Gasteiger partial charge >= 0.3 is 5.97 Å². The minimum Gasteiger partial charge on any atom is -0.478 e. The van der Waals surface area contributed by atoms with Crippen molar-refractivity contribution in [2.75, 3.05) is 6.54 Å². The molecule has 0 amide bonds. The highest BCUT2D eigenvalue weighted by atomic mass is 127. The van der Waals surface area contributed by atoms with E-state index in [1.807, 2.05) is 22.6 Å². The maximum Gasteiger partial charge on any atom is 0.336 e. The van der Waals surface area contributed by atoms with Crippen LogP contribution in [0.4, 0.5) is 0 Å². The Bertz CT molecular complexity index is 666. The molecule has 7 heteroatoms. The number of hydrogen-bond acceptors (Lipinski definition) is 3. The van der Waals surface area contributed by atoms with Gasteiger partial charge in [0.2, 0.25) is 10.0 Å². The van der Waals surface area contributed by atoms with Crippen LogP contribution in [-0.4, -0.2) is 26.0 Å². The van der Waals surface area contributed by atoms with E-state index in [1.165, 1.54) is 18.2 Å². The molecule has 1 aromatic carbocycles. The number of benzene rings is 1. The fourth-order valence-corrected chi connectivity index (χ4v) is 4.01. The largest absolute Gasteiger partial charge is 0.478 e. The van der Waals surface area contributed by atoms with Gasteiger partial charge in [0.15, 0.2) is 0 Å². The summed E-state index contributed by atoms with van der Waals surface area (Å²) in [6.45, 7) is 4.59. The molecule has 0 saturated heterocycles. The summed E-state index contributed by atoms with van der Waals surface area (Å²) in [5.74, 6) is -0.705. The van der Waals surface area contributed by atoms with E-state index >= 15 is 0 Å². The highest BCUT2D eigenvalue weighted by Gasteiger charge is 2.45. The van der Waals surface area contributed by atoms with Crippen molar-refractivity contribution in [1.29, 1.82) is 0 Å². The first-order valence-electron chi connectivity index (χ1n) is 6.70. The lowest BCUT2D eigenvalue weighted by Gasteiger charge is -2.20. The lowest BCUT2D eigenvalue weighted by atomic mass is 9.93. The Kier molecular flexibility index (Phi) is 4.65. The lowest BCUT2D eigenvalue weighted by molar-refractivity contribution is 0.0695. The molecular formula is C14H18INO4S. The number of rotatable bonds is 6. The molecule has 2 N–H and O–H groups in total. The molecule has 0 heterocycles. The van der Waals surface area contributed by atoms with Gasteiger partial charge in [0.1, 0.15) is 0 Å². The third kappa shape index (κ3) is 3.57. The average Bonchev–Trinajstić information content (AvgIpc) is 3.17. The summed E-state index contributed by atoms with van der Waals surface area (Å²) in [4.78, 5) is 11.1. The first-order valence-corrected chi connectivity index (χ1v) is 9.27. The van der Waals surface area contributed by atoms with Gasteiger partial charge in [-0.15, -0.1) is 0 Å². The molecule has 0 aromatic heterocycles. The van der Waals surface area contributed by atoms with Gasteiger partial charge < -0.3 is 5.11 Å². The number of halogens is 1. The van der Waals surface area contributed by atoms with Crippen LogP contribution in [0.5, 0.6) is 0 Å². The number of sulfonamides is 1. The predicted octanol–water partition coefficient (Wildman–Crippen LogP) is 2.70. The second-order valence-electron chi connectivity index (χ2n) is 5.79. The van der Waals surface area contributed by atoms with Crippen LogP contribution < -0.4 is 4.72 Å². The van der Waals surface area contributed by atoms with Crippen LogP contribution >= 0.6 is 22.6 Å². The van der Waals surface area contributed by atoms with E-state index in [9.17, 15) is 13.2 Å². The molecule has 1 fully saturated rings. The molecule has 2 rings (SSSR count). The van der Waals surface area contributed by atoms with Crippen LogP contribution in [0.25, 0.3) is 0 Å². The van der Waals surface area contributed by atoms with Gasteiger partial charge in [-0.05, 0) is 65.0 Å². The van der Waals surface area contributed by atoms with Crippen LogP contribution in [-0.2, 0) is 10.0 Å². The fourth-order valence-electron chi connectivity index (χ4n) is 2.28. The Balaban J connectivity index is 2.20. The molecule has 0 spiro atoms. The molecule has 0 bridgehead atoms. The fraction of sp³-hybridized carbons (Fsp3) is 0.500. The first-order chi connectivity index (χ1) is 9.68. The van der Waals surface area contributed by atoms with E-state index in [0.717, 1.165) is 12.8 Å². The third-order valence-corrected chi connectivity index (χ3v) is 6.55. The molecular weight excluding hydrogens is 405 g/mol. The average molecular weight is 423 g/mol. The molecule has 5 nitrogen and oxygen atoms in total. The smallest absolute Gasteiger partial charge is 0.336 e. The second kappa shape index (κ2) is 5.85. The molecule has 0 unspecified atom stereocenters. The summed E-state index contributed by atoms with van der Waals surface area (Å²) in [6.07, 6.45) is 2.06. The highest BCUT2D eigenvalue weighted by Crippen LogP contribution is 2.51. The van der Waals surface area contributed by atoms with Gasteiger partial charge in [-0.2, -0.15) is 0 Å².